The van der Waals surface area contributed by atoms with E-state index in [0.717, 1.165) is 22.0 Å². The number of aromatic nitrogens is 2. The predicted octanol–water partition coefficient (Wildman–Crippen LogP) is 2.42. The first-order valence-electron chi connectivity index (χ1n) is 4.47. The summed E-state index contributed by atoms with van der Waals surface area (Å²) >= 11 is 1.36. The van der Waals surface area contributed by atoms with Gasteiger partial charge in [-0.15, -0.1) is 0 Å². The van der Waals surface area contributed by atoms with Gasteiger partial charge in [-0.2, -0.15) is 0 Å². The van der Waals surface area contributed by atoms with E-state index in [0.29, 0.717) is 5.22 Å². The number of hydrogen-bond donors (Lipinski definition) is 1. The van der Waals surface area contributed by atoms with Crippen LogP contribution in [0, 0.1) is 13.8 Å². The highest BCUT2D eigenvalue weighted by molar-refractivity contribution is 7.99. The van der Waals surface area contributed by atoms with Crippen LogP contribution < -0.4 is 5.73 Å². The van der Waals surface area contributed by atoms with Gasteiger partial charge in [-0.3, -0.25) is 0 Å². The average Bonchev–Trinajstić information content (AvgIpc) is 2.58. The number of hydrogen-bond acceptors (Lipinski definition) is 5. The van der Waals surface area contributed by atoms with Crippen LogP contribution in [0.2, 0.25) is 0 Å². The van der Waals surface area contributed by atoms with E-state index in [2.05, 4.69) is 9.97 Å². The second-order valence-corrected chi connectivity index (χ2v) is 4.21. The molecule has 4 nitrogen and oxygen atoms in total. The number of nitrogen functional groups attached to an aromatic ring is 1. The summed E-state index contributed by atoms with van der Waals surface area (Å²) in [4.78, 5) is 8.40. The quantitative estimate of drug-likeness (QED) is 0.843. The molecule has 2 aromatic rings. The first-order chi connectivity index (χ1) is 7.15. The number of rotatable bonds is 2. The molecular formula is C10H11N3OS. The topological polar surface area (TPSA) is 64.9 Å². The van der Waals surface area contributed by atoms with Gasteiger partial charge in [0.25, 0.3) is 5.22 Å². The Balaban J connectivity index is 2.21. The van der Waals surface area contributed by atoms with Gasteiger partial charge in [0.15, 0.2) is 0 Å². The molecule has 78 valence electrons. The van der Waals surface area contributed by atoms with Crippen molar-refractivity contribution in [3.8, 4) is 0 Å². The summed E-state index contributed by atoms with van der Waals surface area (Å²) in [6.45, 7) is 3.80. The van der Waals surface area contributed by atoms with Crippen molar-refractivity contribution in [3.63, 3.8) is 0 Å². The highest BCUT2D eigenvalue weighted by atomic mass is 32.2. The van der Waals surface area contributed by atoms with Gasteiger partial charge >= 0.3 is 0 Å². The van der Waals surface area contributed by atoms with Gasteiger partial charge < -0.3 is 10.2 Å². The van der Waals surface area contributed by atoms with Gasteiger partial charge in [-0.05, 0) is 37.2 Å². The molecule has 2 aromatic heterocycles. The fourth-order valence-corrected chi connectivity index (χ4v) is 1.80. The number of nitrogens with zero attached hydrogens (tertiary/aromatic N) is 2. The van der Waals surface area contributed by atoms with Crippen molar-refractivity contribution in [2.24, 2.45) is 0 Å². The lowest BCUT2D eigenvalue weighted by Crippen LogP contribution is -1.91. The molecule has 0 bridgehead atoms. The zero-order valence-electron chi connectivity index (χ0n) is 8.52. The molecule has 0 atom stereocenters. The molecule has 0 aromatic carbocycles. The second kappa shape index (κ2) is 3.94. The van der Waals surface area contributed by atoms with E-state index in [1.54, 1.807) is 12.5 Å². The van der Waals surface area contributed by atoms with E-state index in [9.17, 15) is 0 Å². The molecule has 0 fully saturated rings. The Hall–Kier alpha value is -1.49. The summed E-state index contributed by atoms with van der Waals surface area (Å²) in [5.41, 5.74) is 8.34. The molecule has 2 rings (SSSR count). The van der Waals surface area contributed by atoms with E-state index in [4.69, 9.17) is 10.2 Å². The standard InChI is InChI=1S/C10H11N3OS/c1-6-4-12-9(3-8(6)11)15-10-13-7(2)5-14-10/h3-5H,1-2H3,(H2,11,12). The van der Waals surface area contributed by atoms with Crippen LogP contribution in [0.5, 0.6) is 0 Å². The van der Waals surface area contributed by atoms with Crippen LogP contribution in [-0.2, 0) is 0 Å². The average molecular weight is 221 g/mol. The highest BCUT2D eigenvalue weighted by Crippen LogP contribution is 2.26. The Labute approximate surface area is 91.9 Å². The third-order valence-electron chi connectivity index (χ3n) is 1.91. The van der Waals surface area contributed by atoms with Crippen molar-refractivity contribution in [1.29, 1.82) is 0 Å². The summed E-state index contributed by atoms with van der Waals surface area (Å²) in [7, 11) is 0. The van der Waals surface area contributed by atoms with Gasteiger partial charge in [0, 0.05) is 11.9 Å². The fourth-order valence-electron chi connectivity index (χ4n) is 1.04. The maximum absolute atomic E-state index is 5.78. The molecule has 0 spiro atoms. The first kappa shape index (κ1) is 10.0. The zero-order valence-corrected chi connectivity index (χ0v) is 9.34. The third-order valence-corrected chi connectivity index (χ3v) is 2.70. The summed E-state index contributed by atoms with van der Waals surface area (Å²) in [6, 6.07) is 1.82. The normalized spacial score (nSPS) is 10.5. The van der Waals surface area contributed by atoms with Gasteiger partial charge in [0.2, 0.25) is 0 Å². The number of aryl methyl sites for hydroxylation is 2. The second-order valence-electron chi connectivity index (χ2n) is 3.24. The van der Waals surface area contributed by atoms with Crippen molar-refractivity contribution in [1.82, 2.24) is 9.97 Å². The van der Waals surface area contributed by atoms with Crippen LogP contribution in [0.3, 0.4) is 0 Å². The van der Waals surface area contributed by atoms with Crippen LogP contribution in [0.15, 0.2) is 33.2 Å². The van der Waals surface area contributed by atoms with E-state index in [1.807, 2.05) is 19.9 Å². The Morgan fingerprint density at radius 3 is 2.80 bits per heavy atom. The molecule has 2 heterocycles. The van der Waals surface area contributed by atoms with Crippen molar-refractivity contribution in [2.45, 2.75) is 24.1 Å². The van der Waals surface area contributed by atoms with Gasteiger partial charge in [-0.25, -0.2) is 9.97 Å². The molecule has 0 unspecified atom stereocenters. The Morgan fingerprint density at radius 2 is 2.20 bits per heavy atom. The highest BCUT2D eigenvalue weighted by Gasteiger charge is 2.05. The van der Waals surface area contributed by atoms with E-state index < -0.39 is 0 Å². The molecule has 2 N–H and O–H groups in total. The first-order valence-corrected chi connectivity index (χ1v) is 5.29. The molecule has 0 radical (unpaired) electrons. The van der Waals surface area contributed by atoms with Crippen molar-refractivity contribution in [2.75, 3.05) is 5.73 Å². The van der Waals surface area contributed by atoms with Crippen LogP contribution in [0.1, 0.15) is 11.3 Å². The van der Waals surface area contributed by atoms with E-state index in [-0.39, 0.29) is 0 Å². The fraction of sp³-hybridized carbons (Fsp3) is 0.200. The van der Waals surface area contributed by atoms with Crippen LogP contribution in [-0.4, -0.2) is 9.97 Å². The summed E-state index contributed by atoms with van der Waals surface area (Å²) in [5, 5.41) is 1.38. The molecule has 0 aliphatic heterocycles. The Kier molecular flexibility index (Phi) is 2.64. The SMILES string of the molecule is Cc1coc(Sc2cc(N)c(C)cn2)n1. The molecule has 0 aliphatic carbocycles. The Bertz CT molecular complexity index is 481. The molecule has 15 heavy (non-hydrogen) atoms. The number of pyridine rings is 1. The lowest BCUT2D eigenvalue weighted by Gasteiger charge is -2.00. The molecular weight excluding hydrogens is 210 g/mol. The molecule has 0 amide bonds. The van der Waals surface area contributed by atoms with Crippen molar-refractivity contribution >= 4 is 17.4 Å². The minimum absolute atomic E-state index is 0.586. The molecule has 5 heteroatoms. The van der Waals surface area contributed by atoms with E-state index >= 15 is 0 Å². The third kappa shape index (κ3) is 2.30. The van der Waals surface area contributed by atoms with Crippen LogP contribution >= 0.6 is 11.8 Å². The number of anilines is 1. The minimum atomic E-state index is 0.586. The van der Waals surface area contributed by atoms with Crippen LogP contribution in [0.4, 0.5) is 5.69 Å². The molecule has 0 saturated carbocycles. The largest absolute Gasteiger partial charge is 0.439 e. The summed E-state index contributed by atoms with van der Waals surface area (Å²) in [6.07, 6.45) is 3.35. The summed E-state index contributed by atoms with van der Waals surface area (Å²) in [5.74, 6) is 0. The lowest BCUT2D eigenvalue weighted by atomic mass is 10.3. The molecule has 0 aliphatic rings. The molecule has 0 saturated heterocycles. The number of oxazole rings is 1. The lowest BCUT2D eigenvalue weighted by molar-refractivity contribution is 0.454. The van der Waals surface area contributed by atoms with Crippen LogP contribution in [0.25, 0.3) is 0 Å². The minimum Gasteiger partial charge on any atom is -0.439 e. The number of nitrogens with two attached hydrogens (primary N) is 1. The monoisotopic (exact) mass is 221 g/mol. The maximum atomic E-state index is 5.78. The maximum Gasteiger partial charge on any atom is 0.262 e. The van der Waals surface area contributed by atoms with Gasteiger partial charge in [-0.1, -0.05) is 0 Å². The Morgan fingerprint density at radius 1 is 1.40 bits per heavy atom. The smallest absolute Gasteiger partial charge is 0.262 e. The predicted molar refractivity (Wildman–Crippen MR) is 58.7 cm³/mol. The van der Waals surface area contributed by atoms with Gasteiger partial charge in [0.1, 0.15) is 11.3 Å². The van der Waals surface area contributed by atoms with Crippen molar-refractivity contribution in [3.05, 3.63) is 29.8 Å². The van der Waals surface area contributed by atoms with Crippen molar-refractivity contribution < 1.29 is 4.42 Å². The zero-order chi connectivity index (χ0) is 10.8. The summed E-state index contributed by atoms with van der Waals surface area (Å²) < 4.78 is 5.21. The van der Waals surface area contributed by atoms with E-state index in [1.165, 1.54) is 11.8 Å². The van der Waals surface area contributed by atoms with Gasteiger partial charge in [0.05, 0.1) is 5.69 Å².